The minimum Gasteiger partial charge on any atom is -0.342 e. The molecule has 1 N–H and O–H groups in total. The van der Waals surface area contributed by atoms with Crippen molar-refractivity contribution in [2.75, 3.05) is 13.1 Å². The van der Waals surface area contributed by atoms with Crippen molar-refractivity contribution in [2.45, 2.75) is 64.6 Å². The van der Waals surface area contributed by atoms with E-state index in [1.807, 2.05) is 6.20 Å². The van der Waals surface area contributed by atoms with Crippen LogP contribution in [0.4, 0.5) is 0 Å². The van der Waals surface area contributed by atoms with Crippen LogP contribution < -0.4 is 5.32 Å². The van der Waals surface area contributed by atoms with Crippen LogP contribution in [-0.2, 0) is 17.8 Å². The van der Waals surface area contributed by atoms with Crippen molar-refractivity contribution in [3.63, 3.8) is 0 Å². The number of piperidine rings is 1. The normalized spacial score (nSPS) is 21.1. The lowest BCUT2D eigenvalue weighted by Crippen LogP contribution is -2.48. The quantitative estimate of drug-likeness (QED) is 0.872. The maximum atomic E-state index is 12.1. The monoisotopic (exact) mass is 304 g/mol. The zero-order chi connectivity index (χ0) is 15.5. The van der Waals surface area contributed by atoms with Gasteiger partial charge in [-0.25, -0.2) is 4.98 Å². The van der Waals surface area contributed by atoms with Gasteiger partial charge in [0.25, 0.3) is 0 Å². The number of rotatable bonds is 6. The highest BCUT2D eigenvalue weighted by atomic mass is 16.2. The molecule has 1 amide bonds. The molecule has 0 radical (unpaired) electrons. The molecule has 2 heterocycles. The van der Waals surface area contributed by atoms with Crippen LogP contribution in [-0.4, -0.2) is 45.5 Å². The summed E-state index contributed by atoms with van der Waals surface area (Å²) in [6.45, 7) is 7.19. The van der Waals surface area contributed by atoms with E-state index in [-0.39, 0.29) is 0 Å². The second-order valence-electron chi connectivity index (χ2n) is 6.79. The molecule has 0 unspecified atom stereocenters. The SMILES string of the molecule is CCc1nccn1C[C@@H](C)NC1CCN(C(=O)C2CC2)CC1. The van der Waals surface area contributed by atoms with Crippen molar-refractivity contribution < 1.29 is 4.79 Å². The van der Waals surface area contributed by atoms with Crippen molar-refractivity contribution in [1.29, 1.82) is 0 Å². The van der Waals surface area contributed by atoms with Crippen molar-refractivity contribution in [3.8, 4) is 0 Å². The molecule has 2 fully saturated rings. The number of nitrogens with one attached hydrogen (secondary N) is 1. The third-order valence-electron chi connectivity index (χ3n) is 4.84. The first-order chi connectivity index (χ1) is 10.7. The zero-order valence-electron chi connectivity index (χ0n) is 13.8. The first-order valence-electron chi connectivity index (χ1n) is 8.72. The summed E-state index contributed by atoms with van der Waals surface area (Å²) in [5.41, 5.74) is 0. The Hall–Kier alpha value is -1.36. The molecule has 1 saturated heterocycles. The predicted molar refractivity (Wildman–Crippen MR) is 86.5 cm³/mol. The van der Waals surface area contributed by atoms with Gasteiger partial charge in [-0.3, -0.25) is 4.79 Å². The van der Waals surface area contributed by atoms with E-state index < -0.39 is 0 Å². The third-order valence-corrected chi connectivity index (χ3v) is 4.84. The molecule has 1 aliphatic carbocycles. The summed E-state index contributed by atoms with van der Waals surface area (Å²) in [5, 5.41) is 3.73. The number of aryl methyl sites for hydroxylation is 1. The first-order valence-corrected chi connectivity index (χ1v) is 8.72. The van der Waals surface area contributed by atoms with Crippen LogP contribution in [0, 0.1) is 5.92 Å². The Morgan fingerprint density at radius 1 is 1.36 bits per heavy atom. The fraction of sp³-hybridized carbons (Fsp3) is 0.765. The Labute approximate surface area is 133 Å². The molecule has 2 aliphatic rings. The molecule has 1 aromatic rings. The predicted octanol–water partition coefficient (Wildman–Crippen LogP) is 1.82. The highest BCUT2D eigenvalue weighted by molar-refractivity contribution is 5.81. The summed E-state index contributed by atoms with van der Waals surface area (Å²) in [4.78, 5) is 18.5. The number of amides is 1. The van der Waals surface area contributed by atoms with E-state index in [1.165, 1.54) is 0 Å². The molecule has 0 bridgehead atoms. The van der Waals surface area contributed by atoms with Gasteiger partial charge in [0.05, 0.1) is 0 Å². The number of likely N-dealkylation sites (tertiary alicyclic amines) is 1. The Morgan fingerprint density at radius 2 is 2.09 bits per heavy atom. The summed E-state index contributed by atoms with van der Waals surface area (Å²) in [6.07, 6.45) is 9.29. The van der Waals surface area contributed by atoms with Gasteiger partial charge in [-0.05, 0) is 32.6 Å². The van der Waals surface area contributed by atoms with E-state index in [9.17, 15) is 4.79 Å². The van der Waals surface area contributed by atoms with Crippen LogP contribution in [0.3, 0.4) is 0 Å². The lowest BCUT2D eigenvalue weighted by Gasteiger charge is -2.34. The lowest BCUT2D eigenvalue weighted by molar-refractivity contribution is -0.133. The van der Waals surface area contributed by atoms with Gasteiger partial charge in [0.2, 0.25) is 5.91 Å². The number of nitrogens with zero attached hydrogens (tertiary/aromatic N) is 3. The van der Waals surface area contributed by atoms with Gasteiger partial charge in [0.15, 0.2) is 0 Å². The summed E-state index contributed by atoms with van der Waals surface area (Å²) in [5.74, 6) is 1.91. The van der Waals surface area contributed by atoms with Crippen LogP contribution in [0.15, 0.2) is 12.4 Å². The van der Waals surface area contributed by atoms with E-state index in [0.717, 1.165) is 57.6 Å². The molecule has 3 rings (SSSR count). The molecule has 1 aliphatic heterocycles. The van der Waals surface area contributed by atoms with E-state index in [2.05, 4.69) is 39.8 Å². The molecule has 1 aromatic heterocycles. The van der Waals surface area contributed by atoms with Gasteiger partial charge >= 0.3 is 0 Å². The van der Waals surface area contributed by atoms with Crippen molar-refractivity contribution in [3.05, 3.63) is 18.2 Å². The fourth-order valence-electron chi connectivity index (χ4n) is 3.43. The number of imidazole rings is 1. The van der Waals surface area contributed by atoms with Crippen LogP contribution >= 0.6 is 0 Å². The highest BCUT2D eigenvalue weighted by Gasteiger charge is 2.34. The molecule has 122 valence electrons. The molecule has 5 nitrogen and oxygen atoms in total. The second kappa shape index (κ2) is 6.82. The van der Waals surface area contributed by atoms with E-state index in [1.54, 1.807) is 0 Å². The van der Waals surface area contributed by atoms with Gasteiger partial charge in [-0.15, -0.1) is 0 Å². The molecule has 5 heteroatoms. The van der Waals surface area contributed by atoms with Crippen LogP contribution in [0.1, 0.15) is 45.4 Å². The van der Waals surface area contributed by atoms with Crippen LogP contribution in [0.2, 0.25) is 0 Å². The average molecular weight is 304 g/mol. The molecule has 1 saturated carbocycles. The largest absolute Gasteiger partial charge is 0.342 e. The van der Waals surface area contributed by atoms with Crippen molar-refractivity contribution in [2.24, 2.45) is 5.92 Å². The van der Waals surface area contributed by atoms with E-state index in [0.29, 0.717) is 23.9 Å². The molecular weight excluding hydrogens is 276 g/mol. The summed E-state index contributed by atoms with van der Waals surface area (Å²) >= 11 is 0. The minimum absolute atomic E-state index is 0.358. The van der Waals surface area contributed by atoms with Gasteiger partial charge in [-0.2, -0.15) is 0 Å². The van der Waals surface area contributed by atoms with Gasteiger partial charge in [-0.1, -0.05) is 6.92 Å². The number of hydrogen-bond acceptors (Lipinski definition) is 3. The fourth-order valence-corrected chi connectivity index (χ4v) is 3.43. The molecule has 0 aromatic carbocycles. The summed E-state index contributed by atoms with van der Waals surface area (Å²) in [6, 6.07) is 0.960. The van der Waals surface area contributed by atoms with Crippen molar-refractivity contribution in [1.82, 2.24) is 19.8 Å². The Morgan fingerprint density at radius 3 is 2.73 bits per heavy atom. The van der Waals surface area contributed by atoms with Crippen LogP contribution in [0.5, 0.6) is 0 Å². The maximum Gasteiger partial charge on any atom is 0.225 e. The average Bonchev–Trinajstić information content (AvgIpc) is 3.28. The second-order valence-corrected chi connectivity index (χ2v) is 6.79. The third kappa shape index (κ3) is 3.69. The molecule has 0 spiro atoms. The lowest BCUT2D eigenvalue weighted by atomic mass is 10.0. The smallest absolute Gasteiger partial charge is 0.225 e. The number of aromatic nitrogens is 2. The Balaban J connectivity index is 1.43. The van der Waals surface area contributed by atoms with Gasteiger partial charge < -0.3 is 14.8 Å². The topological polar surface area (TPSA) is 50.2 Å². The first kappa shape index (κ1) is 15.5. The summed E-state index contributed by atoms with van der Waals surface area (Å²) < 4.78 is 2.24. The molecule has 22 heavy (non-hydrogen) atoms. The number of carbonyl (C=O) groups excluding carboxylic acids is 1. The Kier molecular flexibility index (Phi) is 4.81. The van der Waals surface area contributed by atoms with E-state index in [4.69, 9.17) is 0 Å². The number of hydrogen-bond donors (Lipinski definition) is 1. The minimum atomic E-state index is 0.358. The maximum absolute atomic E-state index is 12.1. The Bertz CT molecular complexity index is 501. The van der Waals surface area contributed by atoms with Gasteiger partial charge in [0.1, 0.15) is 5.82 Å². The van der Waals surface area contributed by atoms with Crippen molar-refractivity contribution >= 4 is 5.91 Å². The molecular formula is C17H28N4O. The van der Waals surface area contributed by atoms with E-state index >= 15 is 0 Å². The summed E-state index contributed by atoms with van der Waals surface area (Å²) in [7, 11) is 0. The molecule has 1 atom stereocenters. The van der Waals surface area contributed by atoms with Crippen LogP contribution in [0.25, 0.3) is 0 Å². The van der Waals surface area contributed by atoms with Gasteiger partial charge in [0, 0.05) is 56.5 Å². The number of carbonyl (C=O) groups is 1. The highest BCUT2D eigenvalue weighted by Crippen LogP contribution is 2.31. The zero-order valence-corrected chi connectivity index (χ0v) is 13.8. The standard InChI is InChI=1S/C17H28N4O/c1-3-16-18-8-11-21(16)12-13(2)19-15-6-9-20(10-7-15)17(22)14-4-5-14/h8,11,13-15,19H,3-7,9-10,12H2,1-2H3/t13-/m1/s1.